The van der Waals surface area contributed by atoms with E-state index in [-0.39, 0.29) is 22.3 Å². The summed E-state index contributed by atoms with van der Waals surface area (Å²) in [7, 11) is -3.59. The van der Waals surface area contributed by atoms with Gasteiger partial charge in [0.05, 0.1) is 5.75 Å². The lowest BCUT2D eigenvalue weighted by atomic mass is 9.87. The topological polar surface area (TPSA) is 130 Å². The Morgan fingerprint density at radius 2 is 2.00 bits per heavy atom. The number of nitrogens with one attached hydrogen (secondary N) is 2. The molecule has 0 amide bonds. The first-order chi connectivity index (χ1) is 15.4. The second-order valence-electron chi connectivity index (χ2n) is 8.57. The fourth-order valence-corrected chi connectivity index (χ4v) is 6.29. The first-order valence-electron chi connectivity index (χ1n) is 10.8. The van der Waals surface area contributed by atoms with E-state index in [2.05, 4.69) is 25.9 Å². The highest BCUT2D eigenvalue weighted by Gasteiger charge is 2.29. The third-order valence-corrected chi connectivity index (χ3v) is 8.21. The van der Waals surface area contributed by atoms with Gasteiger partial charge < -0.3 is 15.2 Å². The minimum Gasteiger partial charge on any atom is -0.507 e. The van der Waals surface area contributed by atoms with E-state index in [1.165, 1.54) is 12.1 Å². The fraction of sp³-hybridized carbons (Fsp3) is 0.409. The number of aromatic hydroxyl groups is 1. The highest BCUT2D eigenvalue weighted by atomic mass is 32.2. The number of fused-ring (bicyclic) bond motifs is 1. The summed E-state index contributed by atoms with van der Waals surface area (Å²) < 4.78 is 32.0. The van der Waals surface area contributed by atoms with Crippen LogP contribution in [0, 0.1) is 12.8 Å². The number of ether oxygens (including phenoxy) is 1. The predicted octanol–water partition coefficient (Wildman–Crippen LogP) is 3.81. The molecule has 1 fully saturated rings. The van der Waals surface area contributed by atoms with E-state index >= 15 is 0 Å². The van der Waals surface area contributed by atoms with Crippen molar-refractivity contribution in [2.75, 3.05) is 11.1 Å². The number of hydrogen-bond acceptors (Lipinski definition) is 8. The molecule has 3 aromatic rings. The second kappa shape index (κ2) is 8.09. The van der Waals surface area contributed by atoms with Gasteiger partial charge in [-0.15, -0.1) is 0 Å². The second-order valence-corrected chi connectivity index (χ2v) is 10.6. The van der Waals surface area contributed by atoms with Gasteiger partial charge in [0.1, 0.15) is 22.1 Å². The number of hydrogen-bond donors (Lipinski definition) is 3. The van der Waals surface area contributed by atoms with Crippen LogP contribution in [0.4, 0.5) is 11.6 Å². The van der Waals surface area contributed by atoms with Crippen molar-refractivity contribution in [1.29, 1.82) is 0 Å². The summed E-state index contributed by atoms with van der Waals surface area (Å²) in [6, 6.07) is 6.42. The van der Waals surface area contributed by atoms with Crippen LogP contribution < -0.4 is 10.1 Å². The largest absolute Gasteiger partial charge is 0.507 e. The molecule has 10 heteroatoms. The average molecular weight is 456 g/mol. The van der Waals surface area contributed by atoms with Crippen LogP contribution in [-0.2, 0) is 22.7 Å². The molecule has 0 bridgehead atoms. The van der Waals surface area contributed by atoms with Crippen molar-refractivity contribution < 1.29 is 18.3 Å². The van der Waals surface area contributed by atoms with Crippen molar-refractivity contribution in [3.63, 3.8) is 0 Å². The molecule has 1 saturated carbocycles. The third kappa shape index (κ3) is 3.90. The highest BCUT2D eigenvalue weighted by molar-refractivity contribution is 7.91. The number of anilines is 2. The molecule has 2 aromatic carbocycles. The van der Waals surface area contributed by atoms with Crippen LogP contribution in [-0.4, -0.2) is 39.9 Å². The molecule has 2 aliphatic carbocycles. The Morgan fingerprint density at radius 1 is 1.19 bits per heavy atom. The number of aromatic nitrogens is 4. The van der Waals surface area contributed by atoms with E-state index in [4.69, 9.17) is 4.74 Å². The maximum Gasteiger partial charge on any atom is 0.244 e. The molecule has 0 saturated heterocycles. The Hall–Kier alpha value is -3.14. The van der Waals surface area contributed by atoms with Crippen LogP contribution in [0.25, 0.3) is 0 Å². The van der Waals surface area contributed by atoms with Crippen molar-refractivity contribution in [2.24, 2.45) is 5.92 Å². The van der Waals surface area contributed by atoms with Gasteiger partial charge in [0.15, 0.2) is 9.84 Å². The van der Waals surface area contributed by atoms with Crippen LogP contribution in [0.5, 0.6) is 17.2 Å². The molecule has 0 atom stereocenters. The summed E-state index contributed by atoms with van der Waals surface area (Å²) in [5, 5.41) is 27.2. The number of aryl methyl sites for hydroxylation is 1. The fourth-order valence-electron chi connectivity index (χ4n) is 4.48. The van der Waals surface area contributed by atoms with Gasteiger partial charge in [-0.3, -0.25) is 0 Å². The number of nitrogens with zero attached hydrogens (tertiary/aromatic N) is 3. The van der Waals surface area contributed by atoms with Crippen molar-refractivity contribution in [2.45, 2.75) is 50.3 Å². The molecule has 32 heavy (non-hydrogen) atoms. The number of rotatable bonds is 7. The van der Waals surface area contributed by atoms with Gasteiger partial charge in [-0.05, 0) is 84.7 Å². The molecule has 0 radical (unpaired) electrons. The summed E-state index contributed by atoms with van der Waals surface area (Å²) in [5.41, 5.74) is 4.06. The van der Waals surface area contributed by atoms with Gasteiger partial charge >= 0.3 is 0 Å². The van der Waals surface area contributed by atoms with E-state index in [9.17, 15) is 13.5 Å². The van der Waals surface area contributed by atoms with E-state index in [1.54, 1.807) is 6.07 Å². The lowest BCUT2D eigenvalue weighted by Gasteiger charge is -2.25. The predicted molar refractivity (Wildman–Crippen MR) is 118 cm³/mol. The molecule has 3 N–H and O–H groups in total. The number of phenols is 1. The number of sulfone groups is 1. The number of benzene rings is 2. The number of tetrazole rings is 1. The van der Waals surface area contributed by atoms with Gasteiger partial charge in [0.2, 0.25) is 5.95 Å². The summed E-state index contributed by atoms with van der Waals surface area (Å²) in [6.45, 7) is 1.95. The average Bonchev–Trinajstić information content (AvgIpc) is 3.41. The van der Waals surface area contributed by atoms with Crippen LogP contribution in [0.2, 0.25) is 0 Å². The molecule has 5 rings (SSSR count). The van der Waals surface area contributed by atoms with Crippen molar-refractivity contribution in [3.8, 4) is 17.2 Å². The summed E-state index contributed by atoms with van der Waals surface area (Å²) in [5.74, 6) is 1.59. The van der Waals surface area contributed by atoms with E-state index < -0.39 is 9.84 Å². The molecule has 168 valence electrons. The Morgan fingerprint density at radius 3 is 2.72 bits per heavy atom. The zero-order valence-electron chi connectivity index (χ0n) is 17.8. The molecule has 0 aliphatic heterocycles. The van der Waals surface area contributed by atoms with E-state index in [1.807, 2.05) is 13.0 Å². The van der Waals surface area contributed by atoms with Crippen molar-refractivity contribution >= 4 is 21.5 Å². The normalized spacial score (nSPS) is 15.9. The van der Waals surface area contributed by atoms with Gasteiger partial charge in [-0.25, -0.2) is 13.5 Å². The molecular weight excluding hydrogens is 430 g/mol. The van der Waals surface area contributed by atoms with Gasteiger partial charge in [-0.2, -0.15) is 0 Å². The highest BCUT2D eigenvalue weighted by Crippen LogP contribution is 2.42. The molecule has 1 heterocycles. The number of H-pyrrole nitrogens is 1. The Bertz CT molecular complexity index is 1250. The third-order valence-electron chi connectivity index (χ3n) is 6.30. The SMILES string of the molecule is Cc1cc(Nc2nnn[nH]2)c2c(c1Oc1ccc(O)c(S(=O)(=O)CC3CCC3)c1)CCC2. The van der Waals surface area contributed by atoms with E-state index in [0.717, 1.165) is 66.7 Å². The van der Waals surface area contributed by atoms with Crippen LogP contribution >= 0.6 is 0 Å². The molecule has 0 unspecified atom stereocenters. The summed E-state index contributed by atoms with van der Waals surface area (Å²) in [6.07, 6.45) is 5.66. The van der Waals surface area contributed by atoms with Crippen LogP contribution in [0.3, 0.4) is 0 Å². The quantitative estimate of drug-likeness (QED) is 0.490. The maximum atomic E-state index is 12.9. The maximum absolute atomic E-state index is 12.9. The number of phenolic OH excluding ortho intramolecular Hbond substituents is 1. The van der Waals surface area contributed by atoms with Crippen molar-refractivity contribution in [1.82, 2.24) is 20.6 Å². The van der Waals surface area contributed by atoms with Gasteiger partial charge in [-0.1, -0.05) is 11.5 Å². The molecular formula is C22H25N5O4S. The van der Waals surface area contributed by atoms with Crippen LogP contribution in [0.1, 0.15) is 42.4 Å². The van der Waals surface area contributed by atoms with Gasteiger partial charge in [0, 0.05) is 17.3 Å². The standard InChI is InChI=1S/C22H25N5O4S/c1-13-10-18(23-22-24-26-27-25-22)16-6-3-7-17(16)21(13)31-15-8-9-19(28)20(11-15)32(29,30)12-14-4-2-5-14/h8-11,14,28H,2-7,12H2,1H3,(H2,23,24,25,26,27). The van der Waals surface area contributed by atoms with Crippen molar-refractivity contribution in [3.05, 3.63) is 41.0 Å². The Kier molecular flexibility index (Phi) is 5.24. The molecule has 2 aliphatic rings. The number of aromatic amines is 1. The minimum atomic E-state index is -3.59. The first-order valence-corrected chi connectivity index (χ1v) is 12.5. The molecule has 0 spiro atoms. The minimum absolute atomic E-state index is 0.0627. The summed E-state index contributed by atoms with van der Waals surface area (Å²) in [4.78, 5) is -0.0627. The first kappa shape index (κ1) is 20.7. The zero-order chi connectivity index (χ0) is 22.3. The molecule has 9 nitrogen and oxygen atoms in total. The van der Waals surface area contributed by atoms with Crippen LogP contribution in [0.15, 0.2) is 29.2 Å². The summed E-state index contributed by atoms with van der Waals surface area (Å²) >= 11 is 0. The lowest BCUT2D eigenvalue weighted by molar-refractivity contribution is 0.346. The van der Waals surface area contributed by atoms with Gasteiger partial charge in [0.25, 0.3) is 0 Å². The monoisotopic (exact) mass is 455 g/mol. The Balaban J connectivity index is 1.46. The zero-order valence-corrected chi connectivity index (χ0v) is 18.6. The molecule has 1 aromatic heterocycles. The van der Waals surface area contributed by atoms with E-state index in [0.29, 0.717) is 11.7 Å². The Labute approximate surface area is 186 Å². The smallest absolute Gasteiger partial charge is 0.244 e. The lowest BCUT2D eigenvalue weighted by Crippen LogP contribution is -2.22.